The van der Waals surface area contributed by atoms with Gasteiger partial charge in [-0.15, -0.1) is 11.6 Å². The summed E-state index contributed by atoms with van der Waals surface area (Å²) in [7, 11) is 0. The Morgan fingerprint density at radius 1 is 1.40 bits per heavy atom. The van der Waals surface area contributed by atoms with Crippen LogP contribution >= 0.6 is 11.6 Å². The van der Waals surface area contributed by atoms with Crippen LogP contribution in [-0.2, 0) is 4.79 Å². The highest BCUT2D eigenvalue weighted by Gasteiger charge is 2.37. The Morgan fingerprint density at radius 3 is 2.80 bits per heavy atom. The first kappa shape index (κ1) is 10.5. The van der Waals surface area contributed by atoms with E-state index in [0.717, 1.165) is 6.54 Å². The Labute approximate surface area is 94.6 Å². The molecule has 0 radical (unpaired) electrons. The number of hydrogen-bond donors (Lipinski definition) is 1. The van der Waals surface area contributed by atoms with E-state index in [1.165, 1.54) is 12.0 Å². The Hall–Kier alpha value is -1.02. The Bertz CT molecular complexity index is 339. The van der Waals surface area contributed by atoms with Crippen LogP contribution in [0.1, 0.15) is 17.9 Å². The predicted octanol–water partition coefficient (Wildman–Crippen LogP) is 2.15. The molecule has 0 spiro atoms. The summed E-state index contributed by atoms with van der Waals surface area (Å²) in [6.07, 6.45) is 1.17. The Balaban J connectivity index is 1.79. The van der Waals surface area contributed by atoms with Crippen LogP contribution in [0, 0.1) is 5.92 Å². The SMILES string of the molecule is O=C(CCl)NC[C@@H]1C[C@H]1c1ccccc1. The number of alkyl halides is 1. The summed E-state index contributed by atoms with van der Waals surface area (Å²) in [6.45, 7) is 0.755. The molecule has 0 bridgehead atoms. The van der Waals surface area contributed by atoms with Crippen molar-refractivity contribution in [3.05, 3.63) is 35.9 Å². The van der Waals surface area contributed by atoms with E-state index >= 15 is 0 Å². The molecule has 0 saturated heterocycles. The van der Waals surface area contributed by atoms with Gasteiger partial charge >= 0.3 is 0 Å². The number of carbonyl (C=O) groups is 1. The van der Waals surface area contributed by atoms with Gasteiger partial charge in [-0.05, 0) is 23.8 Å². The van der Waals surface area contributed by atoms with E-state index < -0.39 is 0 Å². The number of carbonyl (C=O) groups excluding carboxylic acids is 1. The number of rotatable bonds is 4. The minimum Gasteiger partial charge on any atom is -0.355 e. The lowest BCUT2D eigenvalue weighted by Crippen LogP contribution is -2.26. The predicted molar refractivity (Wildman–Crippen MR) is 61.0 cm³/mol. The molecule has 1 aliphatic rings. The summed E-state index contributed by atoms with van der Waals surface area (Å²) in [6, 6.07) is 10.4. The molecule has 0 aromatic heterocycles. The van der Waals surface area contributed by atoms with Crippen molar-refractivity contribution in [2.45, 2.75) is 12.3 Å². The first-order valence-corrected chi connectivity index (χ1v) is 5.72. The monoisotopic (exact) mass is 223 g/mol. The third-order valence-electron chi connectivity index (χ3n) is 2.83. The summed E-state index contributed by atoms with van der Waals surface area (Å²) < 4.78 is 0. The molecule has 80 valence electrons. The van der Waals surface area contributed by atoms with Crippen LogP contribution in [0.25, 0.3) is 0 Å². The molecule has 2 atom stereocenters. The molecule has 1 fully saturated rings. The smallest absolute Gasteiger partial charge is 0.234 e. The first-order valence-electron chi connectivity index (χ1n) is 5.19. The second-order valence-corrected chi connectivity index (χ2v) is 4.22. The number of hydrogen-bond acceptors (Lipinski definition) is 1. The highest BCUT2D eigenvalue weighted by atomic mass is 35.5. The maximum Gasteiger partial charge on any atom is 0.234 e. The van der Waals surface area contributed by atoms with Crippen LogP contribution in [0.4, 0.5) is 0 Å². The normalized spacial score (nSPS) is 23.5. The third-order valence-corrected chi connectivity index (χ3v) is 3.08. The maximum absolute atomic E-state index is 10.9. The highest BCUT2D eigenvalue weighted by molar-refractivity contribution is 6.27. The van der Waals surface area contributed by atoms with Gasteiger partial charge in [0, 0.05) is 6.54 Å². The maximum atomic E-state index is 10.9. The highest BCUT2D eigenvalue weighted by Crippen LogP contribution is 2.46. The van der Waals surface area contributed by atoms with Gasteiger partial charge in [-0.25, -0.2) is 0 Å². The minimum atomic E-state index is -0.0737. The van der Waals surface area contributed by atoms with Gasteiger partial charge in [0.05, 0.1) is 0 Å². The van der Waals surface area contributed by atoms with Crippen molar-refractivity contribution >= 4 is 17.5 Å². The number of benzene rings is 1. The average molecular weight is 224 g/mol. The molecule has 0 aliphatic heterocycles. The largest absolute Gasteiger partial charge is 0.355 e. The van der Waals surface area contributed by atoms with E-state index in [2.05, 4.69) is 29.6 Å². The molecule has 1 N–H and O–H groups in total. The van der Waals surface area contributed by atoms with Crippen LogP contribution < -0.4 is 5.32 Å². The fourth-order valence-electron chi connectivity index (χ4n) is 1.87. The topological polar surface area (TPSA) is 29.1 Å². The van der Waals surface area contributed by atoms with Crippen LogP contribution in [-0.4, -0.2) is 18.3 Å². The van der Waals surface area contributed by atoms with Crippen molar-refractivity contribution in [2.75, 3.05) is 12.4 Å². The number of amides is 1. The summed E-state index contributed by atoms with van der Waals surface area (Å²) in [5.41, 5.74) is 1.38. The van der Waals surface area contributed by atoms with Crippen molar-refractivity contribution in [1.29, 1.82) is 0 Å². The van der Waals surface area contributed by atoms with Crippen molar-refractivity contribution in [3.63, 3.8) is 0 Å². The number of halogens is 1. The molecule has 0 heterocycles. The van der Waals surface area contributed by atoms with E-state index in [9.17, 15) is 4.79 Å². The number of nitrogens with one attached hydrogen (secondary N) is 1. The van der Waals surface area contributed by atoms with Gasteiger partial charge in [0.15, 0.2) is 0 Å². The molecule has 1 saturated carbocycles. The summed E-state index contributed by atoms with van der Waals surface area (Å²) in [4.78, 5) is 10.9. The van der Waals surface area contributed by atoms with E-state index in [-0.39, 0.29) is 11.8 Å². The first-order chi connectivity index (χ1) is 7.31. The van der Waals surface area contributed by atoms with E-state index in [4.69, 9.17) is 11.6 Å². The van der Waals surface area contributed by atoms with Gasteiger partial charge in [-0.2, -0.15) is 0 Å². The second kappa shape index (κ2) is 4.67. The van der Waals surface area contributed by atoms with Gasteiger partial charge in [-0.3, -0.25) is 4.79 Å². The Morgan fingerprint density at radius 2 is 2.13 bits per heavy atom. The van der Waals surface area contributed by atoms with Crippen molar-refractivity contribution in [2.24, 2.45) is 5.92 Å². The van der Waals surface area contributed by atoms with Gasteiger partial charge in [0.25, 0.3) is 0 Å². The lowest BCUT2D eigenvalue weighted by atomic mass is 10.1. The van der Waals surface area contributed by atoms with Crippen LogP contribution in [0.2, 0.25) is 0 Å². The van der Waals surface area contributed by atoms with E-state index in [1.54, 1.807) is 0 Å². The zero-order chi connectivity index (χ0) is 10.7. The summed E-state index contributed by atoms with van der Waals surface area (Å²) in [5, 5.41) is 2.82. The molecular weight excluding hydrogens is 210 g/mol. The lowest BCUT2D eigenvalue weighted by Gasteiger charge is -2.02. The minimum absolute atomic E-state index is 0.0583. The molecule has 0 unspecified atom stereocenters. The van der Waals surface area contributed by atoms with Gasteiger partial charge in [0.1, 0.15) is 5.88 Å². The fourth-order valence-corrected chi connectivity index (χ4v) is 1.97. The van der Waals surface area contributed by atoms with Gasteiger partial charge < -0.3 is 5.32 Å². The molecule has 15 heavy (non-hydrogen) atoms. The van der Waals surface area contributed by atoms with Crippen LogP contribution in [0.5, 0.6) is 0 Å². The summed E-state index contributed by atoms with van der Waals surface area (Å²) >= 11 is 5.40. The zero-order valence-corrected chi connectivity index (χ0v) is 9.20. The third kappa shape index (κ3) is 2.72. The second-order valence-electron chi connectivity index (χ2n) is 3.95. The molecule has 1 aromatic rings. The van der Waals surface area contributed by atoms with Gasteiger partial charge in [-0.1, -0.05) is 30.3 Å². The van der Waals surface area contributed by atoms with Crippen molar-refractivity contribution in [1.82, 2.24) is 5.32 Å². The molecule has 2 nitrogen and oxygen atoms in total. The quantitative estimate of drug-likeness (QED) is 0.779. The van der Waals surface area contributed by atoms with E-state index in [0.29, 0.717) is 11.8 Å². The van der Waals surface area contributed by atoms with E-state index in [1.807, 2.05) is 6.07 Å². The fraction of sp³-hybridized carbons (Fsp3) is 0.417. The lowest BCUT2D eigenvalue weighted by molar-refractivity contribution is -0.118. The molecule has 3 heteroatoms. The molecule has 1 aromatic carbocycles. The molecule has 2 rings (SSSR count). The van der Waals surface area contributed by atoms with Crippen LogP contribution in [0.3, 0.4) is 0 Å². The molecule has 1 aliphatic carbocycles. The van der Waals surface area contributed by atoms with Crippen LogP contribution in [0.15, 0.2) is 30.3 Å². The van der Waals surface area contributed by atoms with Crippen molar-refractivity contribution < 1.29 is 4.79 Å². The van der Waals surface area contributed by atoms with Crippen molar-refractivity contribution in [3.8, 4) is 0 Å². The zero-order valence-electron chi connectivity index (χ0n) is 8.45. The molecule has 1 amide bonds. The average Bonchev–Trinajstić information content (AvgIpc) is 3.06. The standard InChI is InChI=1S/C12H14ClNO/c13-7-12(15)14-8-10-6-11(10)9-4-2-1-3-5-9/h1-5,10-11H,6-8H2,(H,14,15)/t10-,11-/m0/s1. The Kier molecular flexibility index (Phi) is 3.27. The van der Waals surface area contributed by atoms with Gasteiger partial charge in [0.2, 0.25) is 5.91 Å². The summed E-state index contributed by atoms with van der Waals surface area (Å²) in [5.74, 6) is 1.21. The molecular formula is C12H14ClNO.